The summed E-state index contributed by atoms with van der Waals surface area (Å²) in [7, 11) is 3.27. The zero-order valence-corrected chi connectivity index (χ0v) is 11.1. The number of carbonyl (C=O) groups excluding carboxylic acids is 1. The molecule has 2 rings (SSSR count). The van der Waals surface area contributed by atoms with E-state index in [1.807, 2.05) is 0 Å². The smallest absolute Gasteiger partial charge is 0.249 e. The van der Waals surface area contributed by atoms with Gasteiger partial charge < -0.3 is 0 Å². The minimum absolute atomic E-state index is 0.107. The van der Waals surface area contributed by atoms with E-state index in [0.717, 1.165) is 0 Å². The van der Waals surface area contributed by atoms with Gasteiger partial charge >= 0.3 is 0 Å². The van der Waals surface area contributed by atoms with E-state index in [9.17, 15) is 4.79 Å². The van der Waals surface area contributed by atoms with Crippen LogP contribution in [0.15, 0.2) is 12.2 Å². The van der Waals surface area contributed by atoms with Gasteiger partial charge in [-0.25, -0.2) is 5.06 Å². The third kappa shape index (κ3) is 2.39. The number of allylic oxidation sites excluding steroid dienone is 2. The van der Waals surface area contributed by atoms with E-state index in [1.54, 1.807) is 14.2 Å². The highest BCUT2D eigenvalue weighted by Crippen LogP contribution is 2.43. The van der Waals surface area contributed by atoms with Gasteiger partial charge in [0, 0.05) is 13.0 Å². The summed E-state index contributed by atoms with van der Waals surface area (Å²) < 4.78 is 0. The minimum atomic E-state index is 0.107. The molecule has 0 unspecified atom stereocenters. The molecule has 0 bridgehead atoms. The fourth-order valence-corrected chi connectivity index (χ4v) is 3.41. The van der Waals surface area contributed by atoms with Crippen LogP contribution in [0.1, 0.15) is 32.6 Å². The van der Waals surface area contributed by atoms with E-state index in [4.69, 9.17) is 4.84 Å². The van der Waals surface area contributed by atoms with Gasteiger partial charge in [-0.05, 0) is 30.6 Å². The van der Waals surface area contributed by atoms with E-state index >= 15 is 0 Å². The van der Waals surface area contributed by atoms with E-state index < -0.39 is 0 Å². The van der Waals surface area contributed by atoms with Crippen LogP contribution >= 0.6 is 0 Å². The first-order valence-corrected chi connectivity index (χ1v) is 6.65. The molecule has 0 N–H and O–H groups in total. The number of nitrogens with zero attached hydrogens (tertiary/aromatic N) is 1. The van der Waals surface area contributed by atoms with Crippen LogP contribution in [0.2, 0.25) is 0 Å². The van der Waals surface area contributed by atoms with Crippen LogP contribution in [0, 0.1) is 23.7 Å². The molecule has 0 aromatic heterocycles. The zero-order chi connectivity index (χ0) is 12.4. The number of hydrogen-bond donors (Lipinski definition) is 0. The second kappa shape index (κ2) is 5.21. The first-order chi connectivity index (χ1) is 8.15. The molecule has 0 aromatic rings. The van der Waals surface area contributed by atoms with Crippen molar-refractivity contribution in [3.8, 4) is 0 Å². The SMILES string of the molecule is CON(C)C(=O)[C@H]1[C@@H]2CCCC[C@H]2C=C[C@H]1C. The fraction of sp³-hybridized carbons (Fsp3) is 0.786. The van der Waals surface area contributed by atoms with Gasteiger partial charge in [0.25, 0.3) is 0 Å². The molecule has 0 aliphatic heterocycles. The molecule has 1 amide bonds. The van der Waals surface area contributed by atoms with Crippen molar-refractivity contribution in [2.75, 3.05) is 14.2 Å². The molecule has 0 aromatic carbocycles. The Morgan fingerprint density at radius 3 is 2.71 bits per heavy atom. The molecule has 4 atom stereocenters. The van der Waals surface area contributed by atoms with Crippen molar-refractivity contribution in [1.29, 1.82) is 0 Å². The molecule has 3 nitrogen and oxygen atoms in total. The van der Waals surface area contributed by atoms with Gasteiger partial charge in [-0.2, -0.15) is 0 Å². The van der Waals surface area contributed by atoms with Crippen molar-refractivity contribution in [1.82, 2.24) is 5.06 Å². The van der Waals surface area contributed by atoms with Crippen molar-refractivity contribution >= 4 is 5.91 Å². The second-order valence-electron chi connectivity index (χ2n) is 5.40. The maximum absolute atomic E-state index is 12.4. The van der Waals surface area contributed by atoms with Crippen LogP contribution in [-0.4, -0.2) is 25.1 Å². The van der Waals surface area contributed by atoms with Crippen molar-refractivity contribution in [2.24, 2.45) is 23.7 Å². The third-order valence-corrected chi connectivity index (χ3v) is 4.43. The molecule has 17 heavy (non-hydrogen) atoms. The molecular formula is C14H23NO2. The summed E-state index contributed by atoms with van der Waals surface area (Å²) in [6.07, 6.45) is 9.56. The standard InChI is InChI=1S/C14H23NO2/c1-10-8-9-11-6-4-5-7-12(11)13(10)14(16)15(2)17-3/h8-13H,4-7H2,1-3H3/t10-,11+,12-,13-/m1/s1. The van der Waals surface area contributed by atoms with Crippen LogP contribution < -0.4 is 0 Å². The van der Waals surface area contributed by atoms with Crippen molar-refractivity contribution in [3.63, 3.8) is 0 Å². The quantitative estimate of drug-likeness (QED) is 0.546. The highest BCUT2D eigenvalue weighted by Gasteiger charge is 2.41. The van der Waals surface area contributed by atoms with Crippen molar-refractivity contribution < 1.29 is 9.63 Å². The predicted octanol–water partition coefficient (Wildman–Crippen LogP) is 2.63. The number of hydrogen-bond acceptors (Lipinski definition) is 2. The van der Waals surface area contributed by atoms with Crippen LogP contribution in [0.3, 0.4) is 0 Å². The molecular weight excluding hydrogens is 214 g/mol. The Labute approximate surface area is 104 Å². The Morgan fingerprint density at radius 2 is 2.00 bits per heavy atom. The Balaban J connectivity index is 2.18. The van der Waals surface area contributed by atoms with E-state index in [0.29, 0.717) is 17.8 Å². The molecule has 1 saturated carbocycles. The van der Waals surface area contributed by atoms with Gasteiger partial charge in [-0.15, -0.1) is 0 Å². The van der Waals surface area contributed by atoms with Gasteiger partial charge in [0.05, 0.1) is 7.11 Å². The summed E-state index contributed by atoms with van der Waals surface area (Å²) in [4.78, 5) is 17.4. The molecule has 0 spiro atoms. The average Bonchev–Trinajstić information content (AvgIpc) is 2.37. The van der Waals surface area contributed by atoms with Gasteiger partial charge in [0.2, 0.25) is 5.91 Å². The van der Waals surface area contributed by atoms with Gasteiger partial charge in [-0.3, -0.25) is 9.63 Å². The molecule has 2 aliphatic rings. The molecule has 96 valence electrons. The van der Waals surface area contributed by atoms with E-state index in [2.05, 4.69) is 19.1 Å². The Bertz CT molecular complexity index is 313. The van der Waals surface area contributed by atoms with E-state index in [-0.39, 0.29) is 11.8 Å². The first kappa shape index (κ1) is 12.6. The number of rotatable bonds is 2. The lowest BCUT2D eigenvalue weighted by Gasteiger charge is -2.41. The lowest BCUT2D eigenvalue weighted by Crippen LogP contribution is -2.43. The highest BCUT2D eigenvalue weighted by atomic mass is 16.7. The summed E-state index contributed by atoms with van der Waals surface area (Å²) in [5, 5.41) is 1.39. The normalized spacial score (nSPS) is 36.4. The van der Waals surface area contributed by atoms with Crippen LogP contribution in [0.5, 0.6) is 0 Å². The predicted molar refractivity (Wildman–Crippen MR) is 67.0 cm³/mol. The number of fused-ring (bicyclic) bond motifs is 1. The maximum Gasteiger partial charge on any atom is 0.249 e. The molecule has 3 heteroatoms. The summed E-state index contributed by atoms with van der Waals surface area (Å²) in [5.74, 6) is 1.71. The topological polar surface area (TPSA) is 29.5 Å². The fourth-order valence-electron chi connectivity index (χ4n) is 3.41. The molecule has 0 radical (unpaired) electrons. The monoisotopic (exact) mass is 237 g/mol. The second-order valence-corrected chi connectivity index (χ2v) is 5.40. The molecule has 0 saturated heterocycles. The van der Waals surface area contributed by atoms with Crippen molar-refractivity contribution in [3.05, 3.63) is 12.2 Å². The summed E-state index contributed by atoms with van der Waals surface area (Å²) in [6, 6.07) is 0. The Hall–Kier alpha value is -0.830. The van der Waals surface area contributed by atoms with Gasteiger partial charge in [-0.1, -0.05) is 31.9 Å². The molecule has 1 fully saturated rings. The van der Waals surface area contributed by atoms with Gasteiger partial charge in [0.15, 0.2) is 0 Å². The lowest BCUT2D eigenvalue weighted by molar-refractivity contribution is -0.178. The summed E-state index contributed by atoms with van der Waals surface area (Å²) in [5.41, 5.74) is 0. The lowest BCUT2D eigenvalue weighted by atomic mass is 9.65. The summed E-state index contributed by atoms with van der Waals surface area (Å²) in [6.45, 7) is 2.15. The average molecular weight is 237 g/mol. The number of carbonyl (C=O) groups is 1. The Morgan fingerprint density at radius 1 is 1.29 bits per heavy atom. The highest BCUT2D eigenvalue weighted by molar-refractivity contribution is 5.78. The molecule has 2 aliphatic carbocycles. The largest absolute Gasteiger partial charge is 0.275 e. The number of amides is 1. The van der Waals surface area contributed by atoms with Gasteiger partial charge in [0.1, 0.15) is 0 Å². The molecule has 0 heterocycles. The van der Waals surface area contributed by atoms with E-state index in [1.165, 1.54) is 30.7 Å². The third-order valence-electron chi connectivity index (χ3n) is 4.43. The van der Waals surface area contributed by atoms with Crippen LogP contribution in [0.25, 0.3) is 0 Å². The van der Waals surface area contributed by atoms with Crippen LogP contribution in [-0.2, 0) is 9.63 Å². The Kier molecular flexibility index (Phi) is 3.87. The van der Waals surface area contributed by atoms with Crippen LogP contribution in [0.4, 0.5) is 0 Å². The first-order valence-electron chi connectivity index (χ1n) is 6.65. The minimum Gasteiger partial charge on any atom is -0.275 e. The summed E-state index contributed by atoms with van der Waals surface area (Å²) >= 11 is 0. The number of hydroxylamine groups is 2. The maximum atomic E-state index is 12.4. The zero-order valence-electron chi connectivity index (χ0n) is 11.1. The van der Waals surface area contributed by atoms with Crippen molar-refractivity contribution in [2.45, 2.75) is 32.6 Å².